The summed E-state index contributed by atoms with van der Waals surface area (Å²) in [6.45, 7) is 5.74. The second-order valence-corrected chi connectivity index (χ2v) is 8.61. The summed E-state index contributed by atoms with van der Waals surface area (Å²) in [6, 6.07) is 0. The summed E-state index contributed by atoms with van der Waals surface area (Å²) in [5, 5.41) is 10.2. The minimum absolute atomic E-state index is 0.390. The summed E-state index contributed by atoms with van der Waals surface area (Å²) in [4.78, 5) is 4.47. The molecule has 0 spiro atoms. The molecule has 0 aliphatic heterocycles. The van der Waals surface area contributed by atoms with E-state index in [1.165, 1.54) is 51.4 Å². The number of aromatic nitrogens is 2. The van der Waals surface area contributed by atoms with E-state index in [1.807, 2.05) is 17.7 Å². The van der Waals surface area contributed by atoms with Gasteiger partial charge in [0.1, 0.15) is 5.82 Å². The van der Waals surface area contributed by atoms with Crippen LogP contribution in [0.15, 0.2) is 6.20 Å². The van der Waals surface area contributed by atoms with Crippen LogP contribution in [0.4, 0.5) is 0 Å². The number of hydrogen-bond donors (Lipinski definition) is 1. The lowest BCUT2D eigenvalue weighted by atomic mass is 10.1. The zero-order chi connectivity index (χ0) is 23.7. The van der Waals surface area contributed by atoms with Crippen molar-refractivity contribution in [3.8, 4) is 0 Å². The summed E-state index contributed by atoms with van der Waals surface area (Å²) < 4.78 is 23.7. The van der Waals surface area contributed by atoms with Gasteiger partial charge in [-0.3, -0.25) is 0 Å². The Hall–Kier alpha value is -0.990. The molecule has 32 heavy (non-hydrogen) atoms. The number of hydrogen-bond acceptors (Lipinski definition) is 6. The minimum atomic E-state index is -0.875. The number of nitrogens with zero attached hydrogens (tertiary/aromatic N) is 2. The number of aliphatic hydroxyl groups is 1. The Morgan fingerprint density at radius 2 is 1.44 bits per heavy atom. The average molecular weight is 457 g/mol. The van der Waals surface area contributed by atoms with E-state index in [0.717, 1.165) is 43.8 Å². The first-order valence-electron chi connectivity index (χ1n) is 12.4. The van der Waals surface area contributed by atoms with Crippen LogP contribution in [0.1, 0.15) is 89.1 Å². The van der Waals surface area contributed by atoms with Crippen LogP contribution in [-0.4, -0.2) is 61.3 Å². The Labute approximate surface area is 195 Å². The molecule has 1 unspecified atom stereocenters. The zero-order valence-corrected chi connectivity index (χ0v) is 21.2. The topological polar surface area (TPSA) is 75.0 Å². The van der Waals surface area contributed by atoms with Crippen molar-refractivity contribution in [2.24, 2.45) is 0 Å². The molecule has 0 fully saturated rings. The Morgan fingerprint density at radius 3 is 1.97 bits per heavy atom. The molecule has 7 nitrogen and oxygen atoms in total. The fourth-order valence-electron chi connectivity index (χ4n) is 4.05. The summed E-state index contributed by atoms with van der Waals surface area (Å²) in [5.41, 5.74) is 0.997. The van der Waals surface area contributed by atoms with Crippen molar-refractivity contribution >= 4 is 0 Å². The molecule has 7 heteroatoms. The Kier molecular flexibility index (Phi) is 15.9. The highest BCUT2D eigenvalue weighted by Crippen LogP contribution is 2.21. The predicted octanol–water partition coefficient (Wildman–Crippen LogP) is 5.02. The van der Waals surface area contributed by atoms with Gasteiger partial charge in [-0.25, -0.2) is 4.98 Å². The summed E-state index contributed by atoms with van der Waals surface area (Å²) in [6.07, 6.45) is 15.4. The molecule has 0 aliphatic rings. The van der Waals surface area contributed by atoms with Crippen LogP contribution < -0.4 is 0 Å². The molecule has 1 atom stereocenters. The number of aryl methyl sites for hydroxylation is 2. The second kappa shape index (κ2) is 17.5. The first kappa shape index (κ1) is 29.0. The third-order valence-corrected chi connectivity index (χ3v) is 5.97. The highest BCUT2D eigenvalue weighted by atomic mass is 16.9. The lowest BCUT2D eigenvalue weighted by Gasteiger charge is -2.28. The fraction of sp³-hybridized carbons (Fsp3) is 0.880. The molecule has 1 rings (SSSR count). The maximum Gasteiger partial charge on any atom is 0.282 e. The van der Waals surface area contributed by atoms with E-state index < -0.39 is 12.1 Å². The van der Waals surface area contributed by atoms with Crippen molar-refractivity contribution < 1.29 is 24.1 Å². The maximum atomic E-state index is 10.2. The van der Waals surface area contributed by atoms with Crippen molar-refractivity contribution in [1.82, 2.24) is 9.55 Å². The molecular formula is C25H48N2O5. The van der Waals surface area contributed by atoms with Crippen LogP contribution in [0, 0.1) is 6.92 Å². The third kappa shape index (κ3) is 11.8. The molecule has 1 N–H and O–H groups in total. The van der Waals surface area contributed by atoms with E-state index in [-0.39, 0.29) is 0 Å². The highest BCUT2D eigenvalue weighted by molar-refractivity contribution is 5.02. The van der Waals surface area contributed by atoms with E-state index >= 15 is 0 Å². The summed E-state index contributed by atoms with van der Waals surface area (Å²) in [7, 11) is 4.86. The van der Waals surface area contributed by atoms with E-state index in [0.29, 0.717) is 13.2 Å². The molecule has 0 aromatic carbocycles. The van der Waals surface area contributed by atoms with E-state index in [9.17, 15) is 5.11 Å². The largest absolute Gasteiger partial charge is 0.389 e. The standard InChI is InChI=1S/C25H48N2O5/c1-6-24-26-22(2)19-27(24)20-23(28)21-32-18-16-14-12-10-8-7-9-11-13-15-17-25(29-3,30-4)31-5/h19,23,28H,6-18,20-21H2,1-5H3. The van der Waals surface area contributed by atoms with Gasteiger partial charge in [-0.2, -0.15) is 0 Å². The lowest BCUT2D eigenvalue weighted by Crippen LogP contribution is -2.35. The summed E-state index contributed by atoms with van der Waals surface area (Å²) >= 11 is 0. The Balaban J connectivity index is 1.90. The molecule has 0 amide bonds. The van der Waals surface area contributed by atoms with Crippen molar-refractivity contribution in [3.63, 3.8) is 0 Å². The molecule has 1 aromatic rings. The molecule has 0 saturated carbocycles. The average Bonchev–Trinajstić information content (AvgIpc) is 3.15. The van der Waals surface area contributed by atoms with Gasteiger partial charge in [-0.15, -0.1) is 0 Å². The van der Waals surface area contributed by atoms with E-state index in [2.05, 4.69) is 11.9 Å². The van der Waals surface area contributed by atoms with Gasteiger partial charge in [0.25, 0.3) is 5.97 Å². The minimum Gasteiger partial charge on any atom is -0.389 e. The van der Waals surface area contributed by atoms with Crippen LogP contribution in [0.3, 0.4) is 0 Å². The van der Waals surface area contributed by atoms with Gasteiger partial charge in [-0.05, 0) is 19.8 Å². The zero-order valence-electron chi connectivity index (χ0n) is 21.2. The van der Waals surface area contributed by atoms with Gasteiger partial charge in [0.15, 0.2) is 0 Å². The van der Waals surface area contributed by atoms with Crippen LogP contribution in [0.25, 0.3) is 0 Å². The first-order chi connectivity index (χ1) is 15.5. The number of imidazole rings is 1. The van der Waals surface area contributed by atoms with Gasteiger partial charge in [0.05, 0.1) is 24.9 Å². The lowest BCUT2D eigenvalue weighted by molar-refractivity contribution is -0.355. The van der Waals surface area contributed by atoms with Crippen molar-refractivity contribution in [3.05, 3.63) is 17.7 Å². The molecule has 188 valence electrons. The number of rotatable bonds is 21. The molecule has 1 heterocycles. The molecule has 0 saturated heterocycles. The first-order valence-corrected chi connectivity index (χ1v) is 12.4. The van der Waals surface area contributed by atoms with Crippen LogP contribution >= 0.6 is 0 Å². The Bertz CT molecular complexity index is 566. The normalized spacial score (nSPS) is 13.1. The highest BCUT2D eigenvalue weighted by Gasteiger charge is 2.28. The van der Waals surface area contributed by atoms with Gasteiger partial charge in [-0.1, -0.05) is 58.3 Å². The summed E-state index contributed by atoms with van der Waals surface area (Å²) in [5.74, 6) is 0.145. The second-order valence-electron chi connectivity index (χ2n) is 8.61. The van der Waals surface area contributed by atoms with Crippen LogP contribution in [-0.2, 0) is 31.9 Å². The van der Waals surface area contributed by atoms with E-state index in [4.69, 9.17) is 18.9 Å². The Morgan fingerprint density at radius 1 is 0.906 bits per heavy atom. The fourth-order valence-corrected chi connectivity index (χ4v) is 4.05. The smallest absolute Gasteiger partial charge is 0.282 e. The molecule has 1 aromatic heterocycles. The SMILES string of the molecule is CCc1nc(C)cn1CC(O)COCCCCCCCCCCCCC(OC)(OC)OC. The maximum absolute atomic E-state index is 10.2. The number of ether oxygens (including phenoxy) is 4. The third-order valence-electron chi connectivity index (χ3n) is 5.97. The molecule has 0 aliphatic carbocycles. The van der Waals surface area contributed by atoms with E-state index in [1.54, 1.807) is 21.3 Å². The van der Waals surface area contributed by atoms with Gasteiger partial charge in [0.2, 0.25) is 0 Å². The monoisotopic (exact) mass is 456 g/mol. The van der Waals surface area contributed by atoms with Crippen molar-refractivity contribution in [2.75, 3.05) is 34.5 Å². The number of aliphatic hydroxyl groups excluding tert-OH is 1. The van der Waals surface area contributed by atoms with Crippen LogP contribution in [0.2, 0.25) is 0 Å². The molecule has 0 bridgehead atoms. The predicted molar refractivity (Wildman–Crippen MR) is 128 cm³/mol. The quantitative estimate of drug-likeness (QED) is 0.207. The molecule has 0 radical (unpaired) electrons. The van der Waals surface area contributed by atoms with Gasteiger partial charge in [0, 0.05) is 47.0 Å². The molecular weight excluding hydrogens is 408 g/mol. The van der Waals surface area contributed by atoms with Gasteiger partial charge < -0.3 is 28.6 Å². The van der Waals surface area contributed by atoms with Gasteiger partial charge >= 0.3 is 0 Å². The van der Waals surface area contributed by atoms with Crippen molar-refractivity contribution in [2.45, 2.75) is 110 Å². The van der Waals surface area contributed by atoms with Crippen molar-refractivity contribution in [1.29, 1.82) is 0 Å². The number of unbranched alkanes of at least 4 members (excludes halogenated alkanes) is 9. The number of methoxy groups -OCH3 is 3. The van der Waals surface area contributed by atoms with Crippen LogP contribution in [0.5, 0.6) is 0 Å².